The number of amides is 2. The van der Waals surface area contributed by atoms with Crippen LogP contribution in [0.3, 0.4) is 0 Å². The monoisotopic (exact) mass is 1270 g/mol. The van der Waals surface area contributed by atoms with Crippen molar-refractivity contribution in [2.24, 2.45) is 5.73 Å². The van der Waals surface area contributed by atoms with E-state index in [0.717, 1.165) is 39.0 Å². The minimum Gasteiger partial charge on any atom is -1.00 e. The zero-order valence-electron chi connectivity index (χ0n) is 42.3. The summed E-state index contributed by atoms with van der Waals surface area (Å²) < 4.78 is 22.0. The standard InChI is InChI=1S/C23H23N7O3.C15H19N5O.C8H5FN2O2.CH2O3.ClH.2Cs.H/c1-15-7-8-17(28-21-20(23(32)33-2)16(13-24)9-10-25-21)14-29(15)22(31)18-5-3-4-6-19(18)30-26-11-12-27-30;1-11-6-7-12(16)10-19(11)15(21)13-4-2-3-5-14(13)20-17-8-9-18-20;1-13-8(12)6-5(4-10)2-3-11-7(6)9;2-1-4-3;;;;/h3-6,9-12,15,17H,7-8,14H2,1-2H3,(H,25,28);2-5,8-9,11-12H,6-7,10,16H2,1H3;2-3H,1H3;1,3H;1H;;;/q;;;;;2*+1;-1/p-1/t15-,17-;11-,12-;;;;;;/m11....../s1. The van der Waals surface area contributed by atoms with Gasteiger partial charge in [-0.05, 0) is 75.9 Å². The molecule has 0 unspecified atom stereocenters. The second kappa shape index (κ2) is 33.4. The predicted octanol–water partition coefficient (Wildman–Crippen LogP) is -2.50. The van der Waals surface area contributed by atoms with E-state index >= 15 is 0 Å². The van der Waals surface area contributed by atoms with Gasteiger partial charge in [-0.15, -0.1) is 12.4 Å². The Morgan fingerprint density at radius 1 is 0.716 bits per heavy atom. The fourth-order valence-electron chi connectivity index (χ4n) is 7.57. The fraction of sp³-hybridized carbons (Fsp3) is 0.298. The van der Waals surface area contributed by atoms with E-state index in [1.165, 1.54) is 35.0 Å². The maximum absolute atomic E-state index is 13.5. The van der Waals surface area contributed by atoms with E-state index in [1.54, 1.807) is 47.9 Å². The molecule has 378 valence electrons. The van der Waals surface area contributed by atoms with Crippen molar-refractivity contribution in [3.63, 3.8) is 0 Å². The topological polar surface area (TPSA) is 315 Å². The normalized spacial score (nSPS) is 16.1. The van der Waals surface area contributed by atoms with Crippen LogP contribution >= 0.6 is 12.4 Å². The Balaban J connectivity index is 0.000000576. The molecule has 3 N–H and O–H groups in total. The number of para-hydroxylation sites is 2. The van der Waals surface area contributed by atoms with Crippen molar-refractivity contribution >= 4 is 48.5 Å². The third kappa shape index (κ3) is 17.5. The molecule has 2 aromatic carbocycles. The van der Waals surface area contributed by atoms with Gasteiger partial charge in [-0.25, -0.2) is 19.6 Å². The van der Waals surface area contributed by atoms with Gasteiger partial charge in [0.15, 0.2) is 0 Å². The van der Waals surface area contributed by atoms with Gasteiger partial charge in [0.25, 0.3) is 18.3 Å². The number of esters is 2. The number of piperidine rings is 2. The van der Waals surface area contributed by atoms with Gasteiger partial charge in [-0.3, -0.25) is 14.4 Å². The second-order valence-corrected chi connectivity index (χ2v) is 15.5. The van der Waals surface area contributed by atoms with Crippen molar-refractivity contribution in [2.45, 2.75) is 63.7 Å². The van der Waals surface area contributed by atoms with Gasteiger partial charge in [0, 0.05) is 49.7 Å². The molecule has 2 fully saturated rings. The third-order valence-electron chi connectivity index (χ3n) is 11.1. The summed E-state index contributed by atoms with van der Waals surface area (Å²) in [4.78, 5) is 75.0. The van der Waals surface area contributed by atoms with Crippen LogP contribution in [0.1, 0.15) is 93.5 Å². The SMILES string of the molecule is COC(=O)c1c(C#N)ccnc1F.COC(=O)c1c(C#N)ccnc1N[C@@H]1CC[C@@H](C)N(C(=O)c2ccccc2-n2nccn2)C1.C[C@@H]1CC[C@@H](N)CN1C(=O)c1ccccc1-n1nccn1.Cl.O=CO[O-].[Cs+].[Cs+].[H-]. The summed E-state index contributed by atoms with van der Waals surface area (Å²) in [5, 5.41) is 46.2. The van der Waals surface area contributed by atoms with Crippen LogP contribution < -0.4 is 154 Å². The first kappa shape index (κ1) is 65.5. The Bertz CT molecular complexity index is 2880. The number of halogens is 2. The minimum atomic E-state index is -0.995. The summed E-state index contributed by atoms with van der Waals surface area (Å²) in [5.74, 6) is -2.40. The van der Waals surface area contributed by atoms with Crippen molar-refractivity contribution in [1.29, 1.82) is 10.5 Å². The number of nitrogens with two attached hydrogens (primary N) is 1. The van der Waals surface area contributed by atoms with Crippen LogP contribution in [-0.4, -0.2) is 131 Å². The van der Waals surface area contributed by atoms with Crippen molar-refractivity contribution in [2.75, 3.05) is 32.6 Å². The zero-order chi connectivity index (χ0) is 51.5. The van der Waals surface area contributed by atoms with Gasteiger partial charge in [-0.1, -0.05) is 24.3 Å². The zero-order valence-corrected chi connectivity index (χ0v) is 54.6. The number of hydrogen-bond donors (Lipinski definition) is 2. The molecule has 0 bridgehead atoms. The van der Waals surface area contributed by atoms with E-state index in [-0.39, 0.29) is 217 Å². The molecular formula is C47H50ClCs2FN14O9. The molecule has 6 aromatic rings. The molecule has 0 aliphatic carbocycles. The number of carbonyl (C=O) groups excluding carboxylic acids is 5. The second-order valence-electron chi connectivity index (χ2n) is 15.5. The number of rotatable bonds is 9. The molecule has 27 heteroatoms. The molecule has 2 aliphatic rings. The first-order valence-electron chi connectivity index (χ1n) is 21.7. The van der Waals surface area contributed by atoms with Crippen LogP contribution in [0.15, 0.2) is 97.8 Å². The average molecular weight is 1280 g/mol. The Kier molecular flexibility index (Phi) is 29.6. The number of nitrogens with zero attached hydrogens (tertiary/aromatic N) is 12. The number of hydrogen-bond acceptors (Lipinski definition) is 19. The summed E-state index contributed by atoms with van der Waals surface area (Å²) in [7, 11) is 2.37. The van der Waals surface area contributed by atoms with Gasteiger partial charge in [0.2, 0.25) is 5.95 Å². The summed E-state index contributed by atoms with van der Waals surface area (Å²) in [6.45, 7) is 4.90. The molecule has 0 spiro atoms. The van der Waals surface area contributed by atoms with E-state index in [0.29, 0.717) is 35.6 Å². The number of ether oxygens (including phenoxy) is 2. The molecule has 8 rings (SSSR count). The molecule has 23 nitrogen and oxygen atoms in total. The maximum atomic E-state index is 13.5. The third-order valence-corrected chi connectivity index (χ3v) is 11.1. The molecule has 0 radical (unpaired) electrons. The Morgan fingerprint density at radius 2 is 1.15 bits per heavy atom. The van der Waals surface area contributed by atoms with Gasteiger partial charge in [-0.2, -0.15) is 44.9 Å². The molecular weight excluding hydrogens is 1220 g/mol. The molecule has 2 amide bonds. The van der Waals surface area contributed by atoms with E-state index < -0.39 is 23.4 Å². The van der Waals surface area contributed by atoms with Crippen molar-refractivity contribution < 1.29 is 187 Å². The molecule has 74 heavy (non-hydrogen) atoms. The molecule has 4 atom stereocenters. The van der Waals surface area contributed by atoms with Crippen LogP contribution in [0.25, 0.3) is 11.4 Å². The van der Waals surface area contributed by atoms with Gasteiger partial charge in [0.1, 0.15) is 29.1 Å². The smallest absolute Gasteiger partial charge is 1.00 e. The maximum Gasteiger partial charge on any atom is 1.00 e. The fourth-order valence-corrected chi connectivity index (χ4v) is 7.57. The van der Waals surface area contributed by atoms with E-state index in [4.69, 9.17) is 25.8 Å². The largest absolute Gasteiger partial charge is 1.00 e. The van der Waals surface area contributed by atoms with Crippen LogP contribution in [-0.2, 0) is 19.2 Å². The van der Waals surface area contributed by atoms with Crippen LogP contribution in [0.4, 0.5) is 10.2 Å². The molecule has 0 saturated carbocycles. The van der Waals surface area contributed by atoms with Crippen LogP contribution in [0, 0.1) is 28.6 Å². The van der Waals surface area contributed by atoms with Crippen molar-refractivity contribution in [1.82, 2.24) is 49.8 Å². The van der Waals surface area contributed by atoms with Crippen LogP contribution in [0.5, 0.6) is 0 Å². The number of carbonyl (C=O) groups is 5. The van der Waals surface area contributed by atoms with Gasteiger partial charge < -0.3 is 41.9 Å². The Labute approximate surface area is 550 Å². The minimum absolute atomic E-state index is 0. The number of benzene rings is 2. The quantitative estimate of drug-likeness (QED) is 0.0497. The van der Waals surface area contributed by atoms with Crippen LogP contribution in [0.2, 0.25) is 0 Å². The van der Waals surface area contributed by atoms with E-state index in [1.807, 2.05) is 54.3 Å². The number of aromatic nitrogens is 8. The van der Waals surface area contributed by atoms with Crippen molar-refractivity contribution in [3.05, 3.63) is 137 Å². The first-order chi connectivity index (χ1) is 34.3. The molecule has 2 aliphatic heterocycles. The van der Waals surface area contributed by atoms with Crippen molar-refractivity contribution in [3.8, 4) is 23.5 Å². The number of methoxy groups -OCH3 is 2. The first-order valence-corrected chi connectivity index (χ1v) is 21.7. The average Bonchev–Trinajstić information content (AvgIpc) is 4.16. The summed E-state index contributed by atoms with van der Waals surface area (Å²) in [6.07, 6.45) is 12.3. The predicted molar refractivity (Wildman–Crippen MR) is 254 cm³/mol. The van der Waals surface area contributed by atoms with E-state index in [2.05, 4.69) is 52.2 Å². The van der Waals surface area contributed by atoms with Gasteiger partial charge >= 0.3 is 150 Å². The number of pyridine rings is 2. The van der Waals surface area contributed by atoms with E-state index in [9.17, 15) is 28.8 Å². The summed E-state index contributed by atoms with van der Waals surface area (Å²) in [6, 6.07) is 21.1. The molecule has 2 saturated heterocycles. The molecule has 6 heterocycles. The van der Waals surface area contributed by atoms with Gasteiger partial charge in [0.05, 0.1) is 72.6 Å². The number of likely N-dealkylation sites (tertiary alicyclic amines) is 2. The number of nitriles is 2. The summed E-state index contributed by atoms with van der Waals surface area (Å²) >= 11 is 0. The number of nitrogens with one attached hydrogen (secondary N) is 1. The Morgan fingerprint density at radius 3 is 1.62 bits per heavy atom. The molecule has 4 aromatic heterocycles. The summed E-state index contributed by atoms with van der Waals surface area (Å²) in [5.41, 5.74) is 8.18. The Hall–Kier alpha value is -4.61. The number of anilines is 1.